The van der Waals surface area contributed by atoms with Crippen LogP contribution >= 0.6 is 0 Å². The number of amides is 1. The van der Waals surface area contributed by atoms with E-state index in [0.29, 0.717) is 30.6 Å². The number of carbonyl (C=O) groups is 1. The molecule has 2 atom stereocenters. The zero-order valence-electron chi connectivity index (χ0n) is 17.4. The summed E-state index contributed by atoms with van der Waals surface area (Å²) in [6.07, 6.45) is 1.17. The van der Waals surface area contributed by atoms with Crippen LogP contribution in [-0.2, 0) is 0 Å². The lowest BCUT2D eigenvalue weighted by molar-refractivity contribution is 0.0625. The van der Waals surface area contributed by atoms with Gasteiger partial charge in [0.25, 0.3) is 5.91 Å². The minimum Gasteiger partial charge on any atom is -0.486 e. The van der Waals surface area contributed by atoms with Crippen molar-refractivity contribution in [2.45, 2.75) is 20.3 Å². The molecule has 0 unspecified atom stereocenters. The van der Waals surface area contributed by atoms with E-state index in [2.05, 4.69) is 13.8 Å². The van der Waals surface area contributed by atoms with Gasteiger partial charge in [-0.25, -0.2) is 4.98 Å². The summed E-state index contributed by atoms with van der Waals surface area (Å²) in [6, 6.07) is 15.6. The highest BCUT2D eigenvalue weighted by Gasteiger charge is 2.27. The summed E-state index contributed by atoms with van der Waals surface area (Å²) in [6.45, 7) is 7.16. The van der Waals surface area contributed by atoms with Crippen molar-refractivity contribution in [2.24, 2.45) is 11.8 Å². The van der Waals surface area contributed by atoms with E-state index < -0.39 is 0 Å². The Labute approximate surface area is 176 Å². The maximum atomic E-state index is 13.6. The van der Waals surface area contributed by atoms with E-state index in [1.807, 2.05) is 53.4 Å². The number of para-hydroxylation sites is 1. The molecule has 2 aliphatic heterocycles. The first-order chi connectivity index (χ1) is 14.6. The summed E-state index contributed by atoms with van der Waals surface area (Å²) in [5.41, 5.74) is 3.23. The van der Waals surface area contributed by atoms with Gasteiger partial charge in [0.15, 0.2) is 11.5 Å². The molecule has 0 saturated carbocycles. The van der Waals surface area contributed by atoms with E-state index in [-0.39, 0.29) is 5.91 Å². The zero-order valence-corrected chi connectivity index (χ0v) is 17.4. The van der Waals surface area contributed by atoms with Gasteiger partial charge in [-0.3, -0.25) is 4.79 Å². The van der Waals surface area contributed by atoms with Gasteiger partial charge in [0, 0.05) is 24.0 Å². The Morgan fingerprint density at radius 3 is 2.50 bits per heavy atom. The Bertz CT molecular complexity index is 1100. The third kappa shape index (κ3) is 3.49. The number of hydrogen-bond acceptors (Lipinski definition) is 4. The molecule has 1 fully saturated rings. The van der Waals surface area contributed by atoms with Crippen LogP contribution in [0.2, 0.25) is 0 Å². The summed E-state index contributed by atoms with van der Waals surface area (Å²) >= 11 is 0. The molecule has 0 radical (unpaired) electrons. The van der Waals surface area contributed by atoms with Crippen LogP contribution in [0.5, 0.6) is 11.5 Å². The maximum Gasteiger partial charge on any atom is 0.254 e. The number of carbonyl (C=O) groups excluding carboxylic acids is 1. The number of ether oxygens (including phenoxy) is 2. The van der Waals surface area contributed by atoms with Crippen LogP contribution in [0.15, 0.2) is 48.5 Å². The first-order valence-electron chi connectivity index (χ1n) is 10.7. The van der Waals surface area contributed by atoms with Crippen LogP contribution in [-0.4, -0.2) is 42.1 Å². The highest BCUT2D eigenvalue weighted by atomic mass is 16.6. The van der Waals surface area contributed by atoms with Crippen molar-refractivity contribution in [1.82, 2.24) is 9.88 Å². The summed E-state index contributed by atoms with van der Waals surface area (Å²) in [5.74, 6) is 2.59. The molecular formula is C25H26N2O3. The molecule has 0 spiro atoms. The minimum absolute atomic E-state index is 0.0887. The Hall–Kier alpha value is -3.08. The first kappa shape index (κ1) is 18.9. The summed E-state index contributed by atoms with van der Waals surface area (Å²) in [4.78, 5) is 20.4. The fraction of sp³-hybridized carbons (Fsp3) is 0.360. The second kappa shape index (κ2) is 7.63. The number of piperidine rings is 1. The third-order valence-corrected chi connectivity index (χ3v) is 5.94. The van der Waals surface area contributed by atoms with Gasteiger partial charge < -0.3 is 14.4 Å². The second-order valence-corrected chi connectivity index (χ2v) is 8.59. The molecule has 1 aromatic heterocycles. The summed E-state index contributed by atoms with van der Waals surface area (Å²) < 4.78 is 11.4. The fourth-order valence-electron chi connectivity index (χ4n) is 4.70. The number of hydrogen-bond donors (Lipinski definition) is 0. The van der Waals surface area contributed by atoms with Crippen molar-refractivity contribution >= 4 is 16.8 Å². The average molecular weight is 402 g/mol. The molecule has 1 amide bonds. The first-order valence-corrected chi connectivity index (χ1v) is 10.7. The van der Waals surface area contributed by atoms with E-state index in [0.717, 1.165) is 46.7 Å². The van der Waals surface area contributed by atoms with Crippen molar-refractivity contribution in [3.63, 3.8) is 0 Å². The minimum atomic E-state index is 0.0887. The van der Waals surface area contributed by atoms with E-state index in [9.17, 15) is 4.79 Å². The van der Waals surface area contributed by atoms with Crippen molar-refractivity contribution in [2.75, 3.05) is 26.3 Å². The van der Waals surface area contributed by atoms with E-state index in [1.165, 1.54) is 6.42 Å². The quantitative estimate of drug-likeness (QED) is 0.618. The number of fused-ring (bicyclic) bond motifs is 2. The molecule has 0 aliphatic carbocycles. The predicted octanol–water partition coefficient (Wildman–Crippen LogP) is 4.79. The molecule has 2 aliphatic rings. The summed E-state index contributed by atoms with van der Waals surface area (Å²) in [7, 11) is 0. The Kier molecular flexibility index (Phi) is 4.81. The van der Waals surface area contributed by atoms with Crippen molar-refractivity contribution < 1.29 is 14.3 Å². The normalized spacial score (nSPS) is 20.9. The van der Waals surface area contributed by atoms with Crippen LogP contribution in [0.1, 0.15) is 30.6 Å². The van der Waals surface area contributed by atoms with Gasteiger partial charge in [0.05, 0.1) is 16.8 Å². The molecule has 30 heavy (non-hydrogen) atoms. The molecule has 3 heterocycles. The van der Waals surface area contributed by atoms with E-state index in [4.69, 9.17) is 14.5 Å². The Balaban J connectivity index is 1.59. The molecule has 0 N–H and O–H groups in total. The molecule has 5 rings (SSSR count). The van der Waals surface area contributed by atoms with Crippen LogP contribution in [0, 0.1) is 11.8 Å². The topological polar surface area (TPSA) is 51.7 Å². The molecule has 3 aromatic rings. The van der Waals surface area contributed by atoms with Crippen LogP contribution in [0.25, 0.3) is 22.2 Å². The van der Waals surface area contributed by atoms with E-state index >= 15 is 0 Å². The van der Waals surface area contributed by atoms with Crippen LogP contribution in [0.4, 0.5) is 0 Å². The lowest BCUT2D eigenvalue weighted by Gasteiger charge is -2.35. The predicted molar refractivity (Wildman–Crippen MR) is 117 cm³/mol. The van der Waals surface area contributed by atoms with Gasteiger partial charge in [-0.1, -0.05) is 32.0 Å². The van der Waals surface area contributed by atoms with Crippen molar-refractivity contribution in [3.05, 3.63) is 54.1 Å². The lowest BCUT2D eigenvalue weighted by atomic mass is 9.91. The molecule has 1 saturated heterocycles. The Morgan fingerprint density at radius 2 is 1.70 bits per heavy atom. The SMILES string of the molecule is C[C@@H]1C[C@@H](C)CN(C(=O)c2cc(-c3ccc4c(c3)OCCO4)nc3ccccc23)C1. The largest absolute Gasteiger partial charge is 0.486 e. The van der Waals surface area contributed by atoms with Gasteiger partial charge in [-0.15, -0.1) is 0 Å². The molecule has 5 heteroatoms. The van der Waals surface area contributed by atoms with Crippen LogP contribution < -0.4 is 9.47 Å². The number of benzene rings is 2. The van der Waals surface area contributed by atoms with Gasteiger partial charge in [0.2, 0.25) is 0 Å². The highest BCUT2D eigenvalue weighted by Crippen LogP contribution is 2.35. The maximum absolute atomic E-state index is 13.6. The van der Waals surface area contributed by atoms with Gasteiger partial charge in [0.1, 0.15) is 13.2 Å². The smallest absolute Gasteiger partial charge is 0.254 e. The Morgan fingerprint density at radius 1 is 0.967 bits per heavy atom. The van der Waals surface area contributed by atoms with Crippen molar-refractivity contribution in [1.29, 1.82) is 0 Å². The monoisotopic (exact) mass is 402 g/mol. The van der Waals surface area contributed by atoms with Gasteiger partial charge in [-0.2, -0.15) is 0 Å². The van der Waals surface area contributed by atoms with E-state index in [1.54, 1.807) is 0 Å². The number of pyridine rings is 1. The highest BCUT2D eigenvalue weighted by molar-refractivity contribution is 6.07. The fourth-order valence-corrected chi connectivity index (χ4v) is 4.70. The third-order valence-electron chi connectivity index (χ3n) is 5.94. The zero-order chi connectivity index (χ0) is 20.7. The number of aromatic nitrogens is 1. The lowest BCUT2D eigenvalue weighted by Crippen LogP contribution is -2.42. The molecule has 5 nitrogen and oxygen atoms in total. The number of rotatable bonds is 2. The second-order valence-electron chi connectivity index (χ2n) is 8.59. The molecule has 0 bridgehead atoms. The molecule has 154 valence electrons. The average Bonchev–Trinajstić information content (AvgIpc) is 2.77. The van der Waals surface area contributed by atoms with Crippen molar-refractivity contribution in [3.8, 4) is 22.8 Å². The molecular weight excluding hydrogens is 376 g/mol. The number of likely N-dealkylation sites (tertiary alicyclic amines) is 1. The number of nitrogens with zero attached hydrogens (tertiary/aromatic N) is 2. The van der Waals surface area contributed by atoms with Gasteiger partial charge >= 0.3 is 0 Å². The van der Waals surface area contributed by atoms with Crippen LogP contribution in [0.3, 0.4) is 0 Å². The summed E-state index contributed by atoms with van der Waals surface area (Å²) in [5, 5.41) is 0.898. The molecule has 2 aromatic carbocycles. The standard InChI is InChI=1S/C25H26N2O3/c1-16-11-17(2)15-27(14-16)25(28)20-13-22(26-21-6-4-3-5-19(20)21)18-7-8-23-24(12-18)30-10-9-29-23/h3-8,12-13,16-17H,9-11,14-15H2,1-2H3/t16-,17-/m1/s1. The van der Waals surface area contributed by atoms with Gasteiger partial charge in [-0.05, 0) is 48.6 Å².